The fraction of sp³-hybridized carbons (Fsp3) is 0.100. The van der Waals surface area contributed by atoms with Crippen molar-refractivity contribution in [3.63, 3.8) is 0 Å². The van der Waals surface area contributed by atoms with Gasteiger partial charge in [0.05, 0.1) is 0 Å². The van der Waals surface area contributed by atoms with Gasteiger partial charge in [-0.15, -0.1) is 0 Å². The van der Waals surface area contributed by atoms with Gasteiger partial charge in [-0.2, -0.15) is 0 Å². The molecule has 0 aliphatic carbocycles. The second kappa shape index (κ2) is 4.32. The van der Waals surface area contributed by atoms with Crippen LogP contribution in [0.5, 0.6) is 0 Å². The molecule has 6 heteroatoms. The van der Waals surface area contributed by atoms with Crippen LogP contribution in [0.2, 0.25) is 5.15 Å². The van der Waals surface area contributed by atoms with Crippen molar-refractivity contribution in [2.24, 2.45) is 0 Å². The lowest BCUT2D eigenvalue weighted by Gasteiger charge is -2.01. The highest BCUT2D eigenvalue weighted by Gasteiger charge is 2.10. The van der Waals surface area contributed by atoms with Crippen LogP contribution in [0.25, 0.3) is 0 Å². The monoisotopic (exact) mass is 237 g/mol. The van der Waals surface area contributed by atoms with Crippen LogP contribution in [0.4, 0.5) is 5.82 Å². The van der Waals surface area contributed by atoms with E-state index >= 15 is 0 Å². The SMILES string of the molecule is Cc1ccc(C(=O)Nc2cc(Cl)ncn2)o1. The van der Waals surface area contributed by atoms with E-state index in [0.717, 1.165) is 0 Å². The summed E-state index contributed by atoms with van der Waals surface area (Å²) in [6.07, 6.45) is 1.27. The highest BCUT2D eigenvalue weighted by molar-refractivity contribution is 6.29. The number of hydrogen-bond acceptors (Lipinski definition) is 4. The molecular weight excluding hydrogens is 230 g/mol. The minimum absolute atomic E-state index is 0.229. The van der Waals surface area contributed by atoms with Crippen molar-refractivity contribution in [2.45, 2.75) is 6.92 Å². The number of rotatable bonds is 2. The van der Waals surface area contributed by atoms with Gasteiger partial charge in [0.25, 0.3) is 5.91 Å². The first-order valence-corrected chi connectivity index (χ1v) is 4.88. The predicted octanol–water partition coefficient (Wildman–Crippen LogP) is 2.28. The van der Waals surface area contributed by atoms with E-state index in [4.69, 9.17) is 16.0 Å². The fourth-order valence-electron chi connectivity index (χ4n) is 1.14. The van der Waals surface area contributed by atoms with Crippen LogP contribution in [0.3, 0.4) is 0 Å². The predicted molar refractivity (Wildman–Crippen MR) is 58.4 cm³/mol. The molecule has 0 saturated heterocycles. The molecule has 0 bridgehead atoms. The molecule has 2 aromatic rings. The summed E-state index contributed by atoms with van der Waals surface area (Å²) in [5.41, 5.74) is 0. The van der Waals surface area contributed by atoms with Crippen LogP contribution < -0.4 is 5.32 Å². The molecule has 82 valence electrons. The third kappa shape index (κ3) is 2.38. The van der Waals surface area contributed by atoms with E-state index in [2.05, 4.69) is 15.3 Å². The molecule has 0 saturated carbocycles. The van der Waals surface area contributed by atoms with E-state index < -0.39 is 0 Å². The fourth-order valence-corrected chi connectivity index (χ4v) is 1.28. The Bertz CT molecular complexity index is 524. The first kappa shape index (κ1) is 10.6. The average Bonchev–Trinajstić information content (AvgIpc) is 2.65. The molecule has 0 atom stereocenters. The molecule has 0 fully saturated rings. The number of aromatic nitrogens is 2. The zero-order valence-electron chi connectivity index (χ0n) is 8.40. The minimum Gasteiger partial charge on any atom is -0.456 e. The summed E-state index contributed by atoms with van der Waals surface area (Å²) >= 11 is 5.65. The average molecular weight is 238 g/mol. The lowest BCUT2D eigenvalue weighted by atomic mass is 10.4. The van der Waals surface area contributed by atoms with Crippen molar-refractivity contribution in [1.82, 2.24) is 9.97 Å². The van der Waals surface area contributed by atoms with E-state index in [9.17, 15) is 4.79 Å². The topological polar surface area (TPSA) is 68.0 Å². The minimum atomic E-state index is -0.372. The molecule has 0 aromatic carbocycles. The first-order valence-electron chi connectivity index (χ1n) is 4.50. The summed E-state index contributed by atoms with van der Waals surface area (Å²) in [5.74, 6) is 0.861. The maximum Gasteiger partial charge on any atom is 0.292 e. The summed E-state index contributed by atoms with van der Waals surface area (Å²) in [5, 5.41) is 2.81. The number of nitrogens with zero attached hydrogens (tertiary/aromatic N) is 2. The number of carbonyl (C=O) groups excluding carboxylic acids is 1. The van der Waals surface area contributed by atoms with Gasteiger partial charge in [-0.3, -0.25) is 4.79 Å². The molecule has 2 aromatic heterocycles. The third-order valence-corrected chi connectivity index (χ3v) is 2.05. The van der Waals surface area contributed by atoms with Crippen molar-refractivity contribution in [3.05, 3.63) is 41.2 Å². The van der Waals surface area contributed by atoms with Crippen molar-refractivity contribution >= 4 is 23.3 Å². The Kier molecular flexibility index (Phi) is 2.87. The third-order valence-electron chi connectivity index (χ3n) is 1.84. The van der Waals surface area contributed by atoms with Gasteiger partial charge in [-0.05, 0) is 19.1 Å². The highest BCUT2D eigenvalue weighted by Crippen LogP contribution is 2.11. The van der Waals surface area contributed by atoms with E-state index in [1.807, 2.05) is 0 Å². The number of furan rings is 1. The van der Waals surface area contributed by atoms with Gasteiger partial charge in [-0.1, -0.05) is 11.6 Å². The Morgan fingerprint density at radius 2 is 2.25 bits per heavy atom. The van der Waals surface area contributed by atoms with Crippen molar-refractivity contribution in [2.75, 3.05) is 5.32 Å². The van der Waals surface area contributed by atoms with Crippen LogP contribution >= 0.6 is 11.6 Å². The Morgan fingerprint density at radius 1 is 1.44 bits per heavy atom. The number of anilines is 1. The van der Waals surface area contributed by atoms with Gasteiger partial charge in [0.1, 0.15) is 23.1 Å². The van der Waals surface area contributed by atoms with Gasteiger partial charge < -0.3 is 9.73 Å². The molecule has 5 nitrogen and oxygen atoms in total. The summed E-state index contributed by atoms with van der Waals surface area (Å²) in [4.78, 5) is 19.2. The number of carbonyl (C=O) groups is 1. The number of nitrogens with one attached hydrogen (secondary N) is 1. The van der Waals surface area contributed by atoms with Gasteiger partial charge in [0, 0.05) is 6.07 Å². The van der Waals surface area contributed by atoms with Crippen molar-refractivity contribution in [3.8, 4) is 0 Å². The maximum atomic E-state index is 11.6. The molecular formula is C10H8ClN3O2. The summed E-state index contributed by atoms with van der Waals surface area (Å²) in [6.45, 7) is 1.76. The van der Waals surface area contributed by atoms with Crippen molar-refractivity contribution in [1.29, 1.82) is 0 Å². The second-order valence-corrected chi connectivity index (χ2v) is 3.48. The second-order valence-electron chi connectivity index (χ2n) is 3.09. The van der Waals surface area contributed by atoms with Crippen molar-refractivity contribution < 1.29 is 9.21 Å². The number of halogens is 1. The molecule has 2 rings (SSSR count). The van der Waals surface area contributed by atoms with Gasteiger partial charge in [0.15, 0.2) is 5.76 Å². The van der Waals surface area contributed by atoms with Crippen LogP contribution in [-0.2, 0) is 0 Å². The number of hydrogen-bond donors (Lipinski definition) is 1. The molecule has 0 radical (unpaired) electrons. The molecule has 16 heavy (non-hydrogen) atoms. The maximum absolute atomic E-state index is 11.6. The summed E-state index contributed by atoms with van der Waals surface area (Å²) < 4.78 is 5.16. The molecule has 0 aliphatic rings. The summed E-state index contributed by atoms with van der Waals surface area (Å²) in [7, 11) is 0. The molecule has 1 N–H and O–H groups in total. The van der Waals surface area contributed by atoms with Crippen LogP contribution in [-0.4, -0.2) is 15.9 Å². The smallest absolute Gasteiger partial charge is 0.292 e. The lowest BCUT2D eigenvalue weighted by Crippen LogP contribution is -2.12. The van der Waals surface area contributed by atoms with Gasteiger partial charge in [-0.25, -0.2) is 9.97 Å². The van der Waals surface area contributed by atoms with E-state index in [1.165, 1.54) is 12.4 Å². The molecule has 0 aliphatic heterocycles. The van der Waals surface area contributed by atoms with Crippen LogP contribution in [0.1, 0.15) is 16.3 Å². The Morgan fingerprint density at radius 3 is 2.88 bits per heavy atom. The molecule has 2 heterocycles. The van der Waals surface area contributed by atoms with Gasteiger partial charge in [0.2, 0.25) is 0 Å². The van der Waals surface area contributed by atoms with E-state index in [1.54, 1.807) is 19.1 Å². The van der Waals surface area contributed by atoms with Gasteiger partial charge >= 0.3 is 0 Å². The zero-order chi connectivity index (χ0) is 11.5. The zero-order valence-corrected chi connectivity index (χ0v) is 9.15. The number of aryl methyl sites for hydroxylation is 1. The Labute approximate surface area is 96.5 Å². The highest BCUT2D eigenvalue weighted by atomic mass is 35.5. The van der Waals surface area contributed by atoms with Crippen LogP contribution in [0, 0.1) is 6.92 Å². The van der Waals surface area contributed by atoms with E-state index in [0.29, 0.717) is 11.6 Å². The normalized spacial score (nSPS) is 10.1. The first-order chi connectivity index (χ1) is 7.65. The standard InChI is InChI=1S/C10H8ClN3O2/c1-6-2-3-7(16-6)10(15)14-9-4-8(11)12-5-13-9/h2-5H,1H3,(H,12,13,14,15). The quantitative estimate of drug-likeness (QED) is 0.814. The van der Waals surface area contributed by atoms with E-state index in [-0.39, 0.29) is 16.8 Å². The summed E-state index contributed by atoms with van der Waals surface area (Å²) in [6, 6.07) is 4.75. The Hall–Kier alpha value is -1.88. The molecule has 0 spiro atoms. The number of amides is 1. The lowest BCUT2D eigenvalue weighted by molar-refractivity contribution is 0.0995. The van der Waals surface area contributed by atoms with Crippen LogP contribution in [0.15, 0.2) is 28.9 Å². The molecule has 1 amide bonds. The largest absolute Gasteiger partial charge is 0.456 e. The molecule has 0 unspecified atom stereocenters. The Balaban J connectivity index is 2.13.